The van der Waals surface area contributed by atoms with Crippen LogP contribution in [0.15, 0.2) is 0 Å². The van der Waals surface area contributed by atoms with Gasteiger partial charge in [-0.15, -0.1) is 0 Å². The smallest absolute Gasteiger partial charge is 0.307 e. The van der Waals surface area contributed by atoms with Gasteiger partial charge in [0.05, 0.1) is 13.0 Å². The van der Waals surface area contributed by atoms with E-state index in [4.69, 9.17) is 18.9 Å². The molecule has 4 N–H and O–H groups in total. The highest BCUT2D eigenvalue weighted by Gasteiger charge is 2.10. The molecular formula is C15H31N3O7. The van der Waals surface area contributed by atoms with Crippen LogP contribution in [0.25, 0.3) is 0 Å². The van der Waals surface area contributed by atoms with Gasteiger partial charge in [-0.05, 0) is 6.92 Å². The molecule has 0 fully saturated rings. The van der Waals surface area contributed by atoms with Crippen molar-refractivity contribution in [2.45, 2.75) is 27.2 Å². The molecule has 0 atom stereocenters. The Morgan fingerprint density at radius 2 is 1.32 bits per heavy atom. The Labute approximate surface area is 148 Å². The molecule has 0 radical (unpaired) electrons. The van der Waals surface area contributed by atoms with Gasteiger partial charge in [0.2, 0.25) is 0 Å². The highest BCUT2D eigenvalue weighted by molar-refractivity contribution is 5.69. The Hall–Kier alpha value is -1.75. The molecule has 0 unspecified atom stereocenters. The van der Waals surface area contributed by atoms with Gasteiger partial charge in [-0.25, -0.2) is 0 Å². The monoisotopic (exact) mass is 365 g/mol. The second-order valence-corrected chi connectivity index (χ2v) is 4.69. The molecule has 0 bridgehead atoms. The first-order valence-corrected chi connectivity index (χ1v) is 8.01. The van der Waals surface area contributed by atoms with Crippen molar-refractivity contribution >= 4 is 17.9 Å². The summed E-state index contributed by atoms with van der Waals surface area (Å²) in [5.41, 5.74) is 0. The van der Waals surface area contributed by atoms with Gasteiger partial charge in [-0.1, -0.05) is 0 Å². The third-order valence-corrected chi connectivity index (χ3v) is 2.75. The van der Waals surface area contributed by atoms with Gasteiger partial charge in [-0.2, -0.15) is 0 Å². The quantitative estimate of drug-likeness (QED) is 0.140. The van der Waals surface area contributed by atoms with E-state index in [0.29, 0.717) is 32.8 Å². The van der Waals surface area contributed by atoms with Crippen molar-refractivity contribution in [3.63, 3.8) is 0 Å². The fraction of sp³-hybridized carbons (Fsp3) is 0.800. The molecule has 148 valence electrons. The summed E-state index contributed by atoms with van der Waals surface area (Å²) >= 11 is 0. The molecule has 0 aromatic rings. The van der Waals surface area contributed by atoms with Crippen molar-refractivity contribution in [1.82, 2.24) is 4.90 Å². The lowest BCUT2D eigenvalue weighted by atomic mass is 10.3. The summed E-state index contributed by atoms with van der Waals surface area (Å²) in [7, 11) is 0. The van der Waals surface area contributed by atoms with E-state index in [1.807, 2.05) is 11.8 Å². The summed E-state index contributed by atoms with van der Waals surface area (Å²) in [6.45, 7) is 7.49. The van der Waals surface area contributed by atoms with Crippen LogP contribution in [0.1, 0.15) is 27.2 Å². The maximum Gasteiger partial charge on any atom is 0.307 e. The van der Waals surface area contributed by atoms with E-state index in [0.717, 1.165) is 0 Å². The molecule has 0 rings (SSSR count). The molecule has 0 amide bonds. The number of esters is 3. The second-order valence-electron chi connectivity index (χ2n) is 4.69. The minimum absolute atomic E-state index is 0.201. The Morgan fingerprint density at radius 3 is 1.76 bits per heavy atom. The van der Waals surface area contributed by atoms with E-state index in [1.165, 1.54) is 13.8 Å². The maximum atomic E-state index is 11.6. The SMILES string of the molecule is CCOCCOC(=O)CCN(CCOC(C)=O)CCOC(C)=O.NN. The highest BCUT2D eigenvalue weighted by Crippen LogP contribution is 1.96. The van der Waals surface area contributed by atoms with Crippen LogP contribution < -0.4 is 11.7 Å². The molecule has 10 nitrogen and oxygen atoms in total. The molecule has 0 aromatic carbocycles. The van der Waals surface area contributed by atoms with Crippen LogP contribution in [0.2, 0.25) is 0 Å². The average Bonchev–Trinajstić information content (AvgIpc) is 2.57. The van der Waals surface area contributed by atoms with Gasteiger partial charge < -0.3 is 18.9 Å². The largest absolute Gasteiger partial charge is 0.465 e. The zero-order chi connectivity index (χ0) is 19.5. The Kier molecular flexibility index (Phi) is 19.0. The predicted molar refractivity (Wildman–Crippen MR) is 90.1 cm³/mol. The topological polar surface area (TPSA) is 143 Å². The lowest BCUT2D eigenvalue weighted by molar-refractivity contribution is -0.147. The first-order valence-electron chi connectivity index (χ1n) is 8.01. The van der Waals surface area contributed by atoms with E-state index >= 15 is 0 Å². The summed E-state index contributed by atoms with van der Waals surface area (Å²) < 4.78 is 19.8. The molecule has 25 heavy (non-hydrogen) atoms. The van der Waals surface area contributed by atoms with Crippen molar-refractivity contribution in [2.75, 3.05) is 52.7 Å². The van der Waals surface area contributed by atoms with Crippen LogP contribution in [-0.4, -0.2) is 75.5 Å². The summed E-state index contributed by atoms with van der Waals surface area (Å²) in [5.74, 6) is 6.95. The molecule has 10 heteroatoms. The number of ether oxygens (including phenoxy) is 4. The summed E-state index contributed by atoms with van der Waals surface area (Å²) in [6, 6.07) is 0. The molecule has 0 aliphatic rings. The summed E-state index contributed by atoms with van der Waals surface area (Å²) in [6.07, 6.45) is 0.201. The van der Waals surface area contributed by atoms with E-state index in [9.17, 15) is 14.4 Å². The van der Waals surface area contributed by atoms with E-state index in [-0.39, 0.29) is 44.1 Å². The Balaban J connectivity index is 0. The fourth-order valence-electron chi connectivity index (χ4n) is 1.65. The summed E-state index contributed by atoms with van der Waals surface area (Å²) in [5, 5.41) is 0. The van der Waals surface area contributed by atoms with Crippen molar-refractivity contribution in [2.24, 2.45) is 11.7 Å². The molecular weight excluding hydrogens is 334 g/mol. The van der Waals surface area contributed by atoms with Gasteiger partial charge in [0, 0.05) is 40.1 Å². The van der Waals surface area contributed by atoms with Gasteiger partial charge in [0.25, 0.3) is 0 Å². The molecule has 0 aliphatic carbocycles. The van der Waals surface area contributed by atoms with Gasteiger partial charge in [-0.3, -0.25) is 31.0 Å². The van der Waals surface area contributed by atoms with Gasteiger partial charge >= 0.3 is 17.9 Å². The minimum atomic E-state index is -0.361. The van der Waals surface area contributed by atoms with Crippen LogP contribution in [0, 0.1) is 0 Å². The lowest BCUT2D eigenvalue weighted by Crippen LogP contribution is -2.34. The van der Waals surface area contributed by atoms with E-state index in [2.05, 4.69) is 11.7 Å². The number of nitrogens with two attached hydrogens (primary N) is 2. The van der Waals surface area contributed by atoms with E-state index < -0.39 is 0 Å². The van der Waals surface area contributed by atoms with Gasteiger partial charge in [0.15, 0.2) is 0 Å². The fourth-order valence-corrected chi connectivity index (χ4v) is 1.65. The third-order valence-electron chi connectivity index (χ3n) is 2.75. The maximum absolute atomic E-state index is 11.6. The van der Waals surface area contributed by atoms with Gasteiger partial charge in [0.1, 0.15) is 19.8 Å². The van der Waals surface area contributed by atoms with Crippen molar-refractivity contribution < 1.29 is 33.3 Å². The number of hydrazine groups is 1. The minimum Gasteiger partial charge on any atom is -0.465 e. The number of carbonyl (C=O) groups excluding carboxylic acids is 3. The summed E-state index contributed by atoms with van der Waals surface area (Å²) in [4.78, 5) is 35.0. The number of carbonyl (C=O) groups is 3. The number of hydrogen-bond donors (Lipinski definition) is 2. The third kappa shape index (κ3) is 20.2. The average molecular weight is 365 g/mol. The first-order chi connectivity index (χ1) is 12.0. The number of hydrogen-bond acceptors (Lipinski definition) is 10. The van der Waals surface area contributed by atoms with Crippen LogP contribution >= 0.6 is 0 Å². The Bertz CT molecular complexity index is 347. The van der Waals surface area contributed by atoms with Crippen LogP contribution in [0.5, 0.6) is 0 Å². The number of rotatable bonds is 13. The Morgan fingerprint density at radius 1 is 0.800 bits per heavy atom. The first kappa shape index (κ1) is 25.5. The normalized spacial score (nSPS) is 9.84. The van der Waals surface area contributed by atoms with Crippen molar-refractivity contribution in [3.05, 3.63) is 0 Å². The van der Waals surface area contributed by atoms with Crippen LogP contribution in [-0.2, 0) is 33.3 Å². The molecule has 0 saturated carbocycles. The molecule has 0 saturated heterocycles. The van der Waals surface area contributed by atoms with Crippen LogP contribution in [0.4, 0.5) is 0 Å². The molecule has 0 aliphatic heterocycles. The van der Waals surface area contributed by atoms with Crippen LogP contribution in [0.3, 0.4) is 0 Å². The molecule has 0 aromatic heterocycles. The van der Waals surface area contributed by atoms with Crippen molar-refractivity contribution in [1.29, 1.82) is 0 Å². The van der Waals surface area contributed by atoms with Crippen molar-refractivity contribution in [3.8, 4) is 0 Å². The highest BCUT2D eigenvalue weighted by atomic mass is 16.6. The number of nitrogens with zero attached hydrogens (tertiary/aromatic N) is 1. The zero-order valence-electron chi connectivity index (χ0n) is 15.3. The second kappa shape index (κ2) is 18.6. The zero-order valence-corrected chi connectivity index (χ0v) is 15.3. The standard InChI is InChI=1S/C15H27NO7.H4N2/c1-4-20-11-12-23-15(19)5-6-16(7-9-21-13(2)17)8-10-22-14(3)18;1-2/h4-12H2,1-3H3;1-2H2. The lowest BCUT2D eigenvalue weighted by Gasteiger charge is -2.21. The molecule has 0 heterocycles. The predicted octanol–water partition coefficient (Wildman–Crippen LogP) is -0.797. The molecule has 0 spiro atoms. The van der Waals surface area contributed by atoms with E-state index in [1.54, 1.807) is 0 Å².